The molecule has 0 fully saturated rings. The van der Waals surface area contributed by atoms with Crippen LogP contribution in [0.2, 0.25) is 0 Å². The normalized spacial score (nSPS) is 13.8. The molecule has 0 aliphatic heterocycles. The number of halogens is 1. The predicted molar refractivity (Wildman–Crippen MR) is 81.3 cm³/mol. The van der Waals surface area contributed by atoms with E-state index in [-0.39, 0.29) is 17.1 Å². The molecule has 100 valence electrons. The molecule has 0 rings (SSSR count). The maximum atomic E-state index is 10.8. The maximum absolute atomic E-state index is 10.8. The minimum atomic E-state index is -4.42. The Hall–Kier alpha value is -0.710. The van der Waals surface area contributed by atoms with Gasteiger partial charge in [0.2, 0.25) is 0 Å². The Kier molecular flexibility index (Phi) is 7.36. The zero-order valence-corrected chi connectivity index (χ0v) is 13.4. The van der Waals surface area contributed by atoms with E-state index in [4.69, 9.17) is 9.96 Å². The number of hydrogen-bond donors (Lipinski definition) is 3. The van der Waals surface area contributed by atoms with Crippen LogP contribution >= 0.6 is 32.3 Å². The highest BCUT2D eigenvalue weighted by Gasteiger charge is 2.14. The van der Waals surface area contributed by atoms with Crippen LogP contribution in [0.15, 0.2) is 36.8 Å². The van der Waals surface area contributed by atoms with E-state index in [0.717, 1.165) is 6.08 Å². The summed E-state index contributed by atoms with van der Waals surface area (Å²) in [5.41, 5.74) is 0.00637. The molecule has 0 saturated carbocycles. The van der Waals surface area contributed by atoms with E-state index in [1.165, 1.54) is 6.92 Å². The van der Waals surface area contributed by atoms with Gasteiger partial charge >= 0.3 is 0 Å². The van der Waals surface area contributed by atoms with Gasteiger partial charge in [-0.3, -0.25) is 15.2 Å². The fourth-order valence-corrected chi connectivity index (χ4v) is 1.44. The summed E-state index contributed by atoms with van der Waals surface area (Å²) in [5, 5.41) is 17.4. The van der Waals surface area contributed by atoms with Gasteiger partial charge in [-0.1, -0.05) is 6.58 Å². The first-order chi connectivity index (χ1) is 8.23. The van der Waals surface area contributed by atoms with Gasteiger partial charge in [0, 0.05) is 0 Å². The van der Waals surface area contributed by atoms with Crippen molar-refractivity contribution >= 4 is 53.8 Å². The molecule has 8 nitrogen and oxygen atoms in total. The lowest BCUT2D eigenvalue weighted by atomic mass is 10.2. The summed E-state index contributed by atoms with van der Waals surface area (Å²) in [5.74, 6) is 0. The standard InChI is InChI=1S/C7H11IN5O3PS/c1-4(18(14,15)16)3-6(11-12-8)7(9)5(2)10-13-17/h3,9,13H,1,17H2,2H3,(H,14,15,16)/b6-3+,9-7?,10-5?,12-11?. The van der Waals surface area contributed by atoms with Crippen molar-refractivity contribution in [3.05, 3.63) is 23.3 Å². The minimum Gasteiger partial charge on any atom is -0.297 e. The summed E-state index contributed by atoms with van der Waals surface area (Å²) in [6.07, 6.45) is 0.932. The molecule has 0 aliphatic rings. The van der Waals surface area contributed by atoms with Gasteiger partial charge in [-0.05, 0) is 22.4 Å². The molecular weight excluding hydrogens is 392 g/mol. The highest BCUT2D eigenvalue weighted by atomic mass is 127. The van der Waals surface area contributed by atoms with Crippen molar-refractivity contribution < 1.29 is 13.0 Å². The van der Waals surface area contributed by atoms with Gasteiger partial charge in [-0.15, -0.1) is 8.44 Å². The molecule has 0 aliphatic carbocycles. The van der Waals surface area contributed by atoms with Crippen LogP contribution in [0, 0.1) is 5.41 Å². The molecule has 0 spiro atoms. The van der Waals surface area contributed by atoms with E-state index in [1.54, 1.807) is 22.9 Å². The Morgan fingerprint density at radius 1 is 1.61 bits per heavy atom. The van der Waals surface area contributed by atoms with Crippen LogP contribution in [-0.4, -0.2) is 24.4 Å². The van der Waals surface area contributed by atoms with Crippen molar-refractivity contribution in [3.63, 3.8) is 0 Å². The first-order valence-electron chi connectivity index (χ1n) is 4.23. The molecule has 0 amide bonds. The van der Waals surface area contributed by atoms with Gasteiger partial charge in [0.15, 0.2) is 0 Å². The smallest absolute Gasteiger partial charge is 0.293 e. The maximum Gasteiger partial charge on any atom is 0.293 e. The first-order valence-corrected chi connectivity index (χ1v) is 7.21. The van der Waals surface area contributed by atoms with Crippen LogP contribution < -0.4 is 5.20 Å². The molecule has 18 heavy (non-hydrogen) atoms. The second-order valence-corrected chi connectivity index (χ2v) is 5.01. The zero-order chi connectivity index (χ0) is 14.3. The molecule has 1 atom stereocenters. The van der Waals surface area contributed by atoms with Crippen LogP contribution in [0.4, 0.5) is 0 Å². The Labute approximate surface area is 121 Å². The molecule has 11 heteroatoms. The zero-order valence-electron chi connectivity index (χ0n) is 9.25. The molecule has 0 aromatic heterocycles. The van der Waals surface area contributed by atoms with Gasteiger partial charge < -0.3 is 0 Å². The number of allylic oxidation sites excluding steroid dienone is 2. The van der Waals surface area contributed by atoms with Crippen molar-refractivity contribution in [2.24, 2.45) is 13.5 Å². The van der Waals surface area contributed by atoms with Crippen molar-refractivity contribution in [1.82, 2.24) is 5.20 Å². The number of hydrazone groups is 1. The third-order valence-corrected chi connectivity index (χ3v) is 2.75. The van der Waals surface area contributed by atoms with Gasteiger partial charge in [0.05, 0.1) is 10.6 Å². The SMILES string of the molecule is C=C(/C=C(/N=NI)C(=N)C(C)=NNP)S(=O)(=O)O. The largest absolute Gasteiger partial charge is 0.297 e. The average Bonchev–Trinajstić information content (AvgIpc) is 2.26. The molecule has 0 saturated heterocycles. The molecule has 0 aromatic carbocycles. The van der Waals surface area contributed by atoms with Crippen LogP contribution in [-0.2, 0) is 10.1 Å². The third kappa shape index (κ3) is 5.76. The van der Waals surface area contributed by atoms with E-state index in [2.05, 4.69) is 34.7 Å². The van der Waals surface area contributed by atoms with Crippen LogP contribution in [0.3, 0.4) is 0 Å². The molecule has 3 N–H and O–H groups in total. The molecular formula is C7H11IN5O3PS. The van der Waals surface area contributed by atoms with Crippen LogP contribution in [0.25, 0.3) is 0 Å². The molecule has 1 unspecified atom stereocenters. The van der Waals surface area contributed by atoms with E-state index in [9.17, 15) is 8.42 Å². The number of nitrogens with zero attached hydrogens (tertiary/aromatic N) is 3. The lowest BCUT2D eigenvalue weighted by Gasteiger charge is -2.03. The third-order valence-electron chi connectivity index (χ3n) is 1.62. The second kappa shape index (κ2) is 7.67. The fraction of sp³-hybridized carbons (Fsp3) is 0.143. The van der Waals surface area contributed by atoms with Crippen LogP contribution in [0.5, 0.6) is 0 Å². The fourth-order valence-electron chi connectivity index (χ4n) is 0.757. The summed E-state index contributed by atoms with van der Waals surface area (Å²) in [4.78, 5) is -0.585. The lowest BCUT2D eigenvalue weighted by Crippen LogP contribution is -2.13. The Morgan fingerprint density at radius 3 is 2.56 bits per heavy atom. The van der Waals surface area contributed by atoms with Crippen molar-refractivity contribution in [2.75, 3.05) is 0 Å². The van der Waals surface area contributed by atoms with Crippen LogP contribution in [0.1, 0.15) is 6.92 Å². The van der Waals surface area contributed by atoms with E-state index >= 15 is 0 Å². The second-order valence-electron chi connectivity index (χ2n) is 2.85. The van der Waals surface area contributed by atoms with Crippen molar-refractivity contribution in [2.45, 2.75) is 6.92 Å². The van der Waals surface area contributed by atoms with Gasteiger partial charge in [-0.2, -0.15) is 13.5 Å². The van der Waals surface area contributed by atoms with Gasteiger partial charge in [0.1, 0.15) is 34.3 Å². The highest BCUT2D eigenvalue weighted by molar-refractivity contribution is 14.1. The van der Waals surface area contributed by atoms with Gasteiger partial charge in [-0.25, -0.2) is 0 Å². The number of nitrogens with one attached hydrogen (secondary N) is 2. The molecule has 0 heterocycles. The molecule has 0 bridgehead atoms. The summed E-state index contributed by atoms with van der Waals surface area (Å²) in [6, 6.07) is 0. The Morgan fingerprint density at radius 2 is 2.17 bits per heavy atom. The van der Waals surface area contributed by atoms with E-state index < -0.39 is 15.0 Å². The lowest BCUT2D eigenvalue weighted by molar-refractivity contribution is 0.492. The topological polar surface area (TPSA) is 127 Å². The average molecular weight is 403 g/mol. The van der Waals surface area contributed by atoms with E-state index in [1.807, 2.05) is 0 Å². The highest BCUT2D eigenvalue weighted by Crippen LogP contribution is 2.11. The summed E-state index contributed by atoms with van der Waals surface area (Å²) < 4.78 is 33.8. The van der Waals surface area contributed by atoms with Crippen molar-refractivity contribution in [3.8, 4) is 0 Å². The minimum absolute atomic E-state index is 0.0893. The Balaban J connectivity index is 5.48. The number of hydrogen-bond acceptors (Lipinski definition) is 7. The summed E-state index contributed by atoms with van der Waals surface area (Å²) in [6.45, 7) is 4.68. The summed E-state index contributed by atoms with van der Waals surface area (Å²) >= 11 is 1.57. The Bertz CT molecular complexity index is 539. The monoisotopic (exact) mass is 403 g/mol. The predicted octanol–water partition coefficient (Wildman–Crippen LogP) is 1.85. The first kappa shape index (κ1) is 17.3. The molecule has 0 aromatic rings. The molecule has 0 radical (unpaired) electrons. The van der Waals surface area contributed by atoms with Crippen molar-refractivity contribution in [1.29, 1.82) is 5.41 Å². The van der Waals surface area contributed by atoms with Gasteiger partial charge in [0.25, 0.3) is 10.1 Å². The summed E-state index contributed by atoms with van der Waals surface area (Å²) in [7, 11) is -2.30. The van der Waals surface area contributed by atoms with E-state index in [0.29, 0.717) is 0 Å². The number of rotatable bonds is 6. The quantitative estimate of drug-likeness (QED) is 0.119.